The molecule has 0 aromatic rings. The van der Waals surface area contributed by atoms with Crippen molar-refractivity contribution in [2.24, 2.45) is 0 Å². The van der Waals surface area contributed by atoms with E-state index in [1.54, 1.807) is 0 Å². The molecule has 82 heavy (non-hydrogen) atoms. The Balaban J connectivity index is 3.97. The lowest BCUT2D eigenvalue weighted by Gasteiger charge is -2.28. The topological polar surface area (TPSA) is 111 Å². The SMILES string of the molecule is CC/C=C\C/C=C\C/C=C\C/C=C\C/C=C\C/C=C\CCC(=O)OC(COC(=O)CCCCCCCCCCCCCCCCCCCCCCCCCCCCC/C=C\C/C=C\CCCCCCC)COP(=O)([O-])OCC[N+](C)(C)C. The summed E-state index contributed by atoms with van der Waals surface area (Å²) < 4.78 is 34.1. The van der Waals surface area contributed by atoms with Crippen molar-refractivity contribution in [2.45, 2.75) is 302 Å². The highest BCUT2D eigenvalue weighted by Gasteiger charge is 2.21. The maximum atomic E-state index is 12.8. The zero-order valence-electron chi connectivity index (χ0n) is 53.9. The molecule has 9 nitrogen and oxygen atoms in total. The van der Waals surface area contributed by atoms with Gasteiger partial charge in [-0.15, -0.1) is 0 Å². The van der Waals surface area contributed by atoms with Gasteiger partial charge in [0.15, 0.2) is 6.10 Å². The van der Waals surface area contributed by atoms with E-state index in [1.807, 2.05) is 33.3 Å². The number of phosphoric ester groups is 1. The monoisotopic (exact) mass is 1170 g/mol. The number of phosphoric acid groups is 1. The highest BCUT2D eigenvalue weighted by Crippen LogP contribution is 2.38. The molecular formula is C72H128NO8P. The fraction of sp³-hybridized carbons (Fsp3) is 0.750. The molecule has 0 aliphatic carbocycles. The predicted octanol–water partition coefficient (Wildman–Crippen LogP) is 21.3. The van der Waals surface area contributed by atoms with Crippen molar-refractivity contribution >= 4 is 19.8 Å². The van der Waals surface area contributed by atoms with Crippen molar-refractivity contribution < 1.29 is 42.1 Å². The lowest BCUT2D eigenvalue weighted by molar-refractivity contribution is -0.870. The summed E-state index contributed by atoms with van der Waals surface area (Å²) in [5.41, 5.74) is 0. The van der Waals surface area contributed by atoms with Crippen LogP contribution in [-0.2, 0) is 32.7 Å². The molecule has 2 unspecified atom stereocenters. The zero-order valence-corrected chi connectivity index (χ0v) is 54.8. The minimum absolute atomic E-state index is 0.0474. The molecule has 0 spiro atoms. The predicted molar refractivity (Wildman–Crippen MR) is 351 cm³/mol. The van der Waals surface area contributed by atoms with E-state index in [0.717, 1.165) is 64.2 Å². The van der Waals surface area contributed by atoms with Crippen LogP contribution in [0.1, 0.15) is 296 Å². The molecule has 0 fully saturated rings. The van der Waals surface area contributed by atoms with Gasteiger partial charge in [0.1, 0.15) is 19.8 Å². The highest BCUT2D eigenvalue weighted by atomic mass is 31.2. The zero-order chi connectivity index (χ0) is 59.8. The van der Waals surface area contributed by atoms with Crippen LogP contribution in [0.3, 0.4) is 0 Å². The summed E-state index contributed by atoms with van der Waals surface area (Å²) in [6.07, 6.45) is 86.7. The van der Waals surface area contributed by atoms with Crippen LogP contribution in [0.15, 0.2) is 97.2 Å². The third kappa shape index (κ3) is 66.1. The number of rotatable bonds is 62. The van der Waals surface area contributed by atoms with Gasteiger partial charge in [-0.25, -0.2) is 0 Å². The first-order valence-electron chi connectivity index (χ1n) is 33.9. The van der Waals surface area contributed by atoms with Crippen molar-refractivity contribution in [3.63, 3.8) is 0 Å². The quantitative estimate of drug-likeness (QED) is 0.0195. The second kappa shape index (κ2) is 62.5. The first-order valence-corrected chi connectivity index (χ1v) is 35.4. The molecule has 0 bridgehead atoms. The van der Waals surface area contributed by atoms with Crippen molar-refractivity contribution in [3.8, 4) is 0 Å². The first kappa shape index (κ1) is 78.9. The lowest BCUT2D eigenvalue weighted by atomic mass is 10.0. The Bertz CT molecular complexity index is 1710. The normalized spacial score (nSPS) is 13.8. The Labute approximate surface area is 506 Å². The van der Waals surface area contributed by atoms with Gasteiger partial charge in [-0.3, -0.25) is 14.2 Å². The number of quaternary nitrogens is 1. The summed E-state index contributed by atoms with van der Waals surface area (Å²) in [5.74, 6) is -0.926. The molecule has 0 saturated heterocycles. The van der Waals surface area contributed by atoms with Crippen molar-refractivity contribution in [3.05, 3.63) is 97.2 Å². The number of allylic oxidation sites excluding steroid dienone is 16. The summed E-state index contributed by atoms with van der Waals surface area (Å²) in [7, 11) is 1.12. The Morgan fingerprint density at radius 3 is 1.09 bits per heavy atom. The molecule has 0 rings (SSSR count). The molecule has 0 heterocycles. The van der Waals surface area contributed by atoms with Gasteiger partial charge >= 0.3 is 11.9 Å². The molecule has 474 valence electrons. The Morgan fingerprint density at radius 1 is 0.390 bits per heavy atom. The fourth-order valence-corrected chi connectivity index (χ4v) is 10.2. The number of carbonyl (C=O) groups excluding carboxylic acids is 2. The van der Waals surface area contributed by atoms with E-state index in [1.165, 1.54) is 199 Å². The van der Waals surface area contributed by atoms with E-state index in [-0.39, 0.29) is 26.1 Å². The van der Waals surface area contributed by atoms with Crippen LogP contribution < -0.4 is 4.89 Å². The van der Waals surface area contributed by atoms with Crippen LogP contribution in [-0.4, -0.2) is 70.0 Å². The Morgan fingerprint density at radius 2 is 0.720 bits per heavy atom. The van der Waals surface area contributed by atoms with Gasteiger partial charge in [-0.05, 0) is 83.5 Å². The van der Waals surface area contributed by atoms with E-state index >= 15 is 0 Å². The molecule has 0 aromatic carbocycles. The van der Waals surface area contributed by atoms with E-state index in [2.05, 4.69) is 98.9 Å². The molecular weight excluding hydrogens is 1040 g/mol. The average molecular weight is 1170 g/mol. The summed E-state index contributed by atoms with van der Waals surface area (Å²) in [6, 6.07) is 0. The second-order valence-electron chi connectivity index (χ2n) is 23.8. The van der Waals surface area contributed by atoms with Gasteiger partial charge < -0.3 is 27.9 Å². The van der Waals surface area contributed by atoms with Crippen LogP contribution in [0.4, 0.5) is 0 Å². The van der Waals surface area contributed by atoms with Gasteiger partial charge in [-0.2, -0.15) is 0 Å². The molecule has 0 amide bonds. The summed E-state index contributed by atoms with van der Waals surface area (Å²) in [6.45, 7) is 4.05. The number of esters is 2. The van der Waals surface area contributed by atoms with Crippen molar-refractivity contribution in [1.29, 1.82) is 0 Å². The third-order valence-electron chi connectivity index (χ3n) is 14.6. The van der Waals surface area contributed by atoms with Gasteiger partial charge in [0.2, 0.25) is 0 Å². The highest BCUT2D eigenvalue weighted by molar-refractivity contribution is 7.45. The lowest BCUT2D eigenvalue weighted by Crippen LogP contribution is -2.37. The standard InChI is InChI=1S/C72H128NO8P/c1-6-8-10-12-14-16-18-20-22-24-26-27-28-29-30-31-32-33-34-35-36-37-38-39-40-41-42-43-44-45-47-48-50-52-54-56-58-60-62-64-71(74)78-68-70(69-80-82(76,77)79-67-66-73(3,4)5)81-72(75)65-63-61-59-57-55-53-51-49-46-25-23-21-19-17-15-13-11-9-7-2/h9,11,15,17-18,20-21,23-24,26,46,49,53,55,59,61,70H,6-8,10,12-14,16,19,22,25,27-45,47-48,50-52,54,56-58,60,62-69H2,1-5H3/b11-9-,17-15-,20-18-,23-21-,26-24-,49-46-,55-53-,61-59-. The number of carbonyl (C=O) groups is 2. The van der Waals surface area contributed by atoms with Crippen LogP contribution in [0, 0.1) is 0 Å². The largest absolute Gasteiger partial charge is 0.756 e. The van der Waals surface area contributed by atoms with Crippen LogP contribution >= 0.6 is 7.82 Å². The average Bonchev–Trinajstić information content (AvgIpc) is 3.46. The molecule has 0 radical (unpaired) electrons. The van der Waals surface area contributed by atoms with Gasteiger partial charge in [0, 0.05) is 12.8 Å². The Kier molecular flexibility index (Phi) is 60.1. The van der Waals surface area contributed by atoms with Crippen molar-refractivity contribution in [2.75, 3.05) is 47.5 Å². The number of hydrogen-bond acceptors (Lipinski definition) is 8. The number of nitrogens with zero attached hydrogens (tertiary/aromatic N) is 1. The summed E-state index contributed by atoms with van der Waals surface area (Å²) >= 11 is 0. The van der Waals surface area contributed by atoms with Crippen LogP contribution in [0.5, 0.6) is 0 Å². The maximum Gasteiger partial charge on any atom is 0.306 e. The maximum absolute atomic E-state index is 12.8. The minimum atomic E-state index is -4.66. The van der Waals surface area contributed by atoms with Gasteiger partial charge in [0.25, 0.3) is 7.82 Å². The van der Waals surface area contributed by atoms with Crippen LogP contribution in [0.2, 0.25) is 0 Å². The van der Waals surface area contributed by atoms with Crippen molar-refractivity contribution in [1.82, 2.24) is 0 Å². The molecule has 0 N–H and O–H groups in total. The summed E-state index contributed by atoms with van der Waals surface area (Å²) in [5, 5.41) is 0. The van der Waals surface area contributed by atoms with Gasteiger partial charge in [-0.1, -0.05) is 297 Å². The van der Waals surface area contributed by atoms with E-state index in [9.17, 15) is 19.0 Å². The number of likely N-dealkylation sites (N-methyl/N-ethyl adjacent to an activating group) is 1. The molecule has 0 aliphatic heterocycles. The number of ether oxygens (including phenoxy) is 2. The van der Waals surface area contributed by atoms with Crippen LogP contribution in [0.25, 0.3) is 0 Å². The third-order valence-corrected chi connectivity index (χ3v) is 15.6. The number of hydrogen-bond donors (Lipinski definition) is 0. The van der Waals surface area contributed by atoms with E-state index < -0.39 is 32.5 Å². The minimum Gasteiger partial charge on any atom is -0.756 e. The first-order chi connectivity index (χ1) is 40.0. The second-order valence-corrected chi connectivity index (χ2v) is 25.2. The number of unbranched alkanes of at least 4 members (excludes halogenated alkanes) is 32. The summed E-state index contributed by atoms with van der Waals surface area (Å²) in [4.78, 5) is 37.9. The van der Waals surface area contributed by atoms with Gasteiger partial charge in [0.05, 0.1) is 27.7 Å². The molecule has 0 aromatic heterocycles. The Hall–Kier alpha value is -3.07. The molecule has 10 heteroatoms. The van der Waals surface area contributed by atoms with E-state index in [0.29, 0.717) is 17.4 Å². The van der Waals surface area contributed by atoms with E-state index in [4.69, 9.17) is 18.5 Å². The molecule has 0 saturated carbocycles. The molecule has 2 atom stereocenters. The molecule has 0 aliphatic rings. The smallest absolute Gasteiger partial charge is 0.306 e. The fourth-order valence-electron chi connectivity index (χ4n) is 9.42.